The van der Waals surface area contributed by atoms with Crippen molar-refractivity contribution >= 4 is 27.4 Å². The molecule has 0 bridgehead atoms. The molecule has 4 nitrogen and oxygen atoms in total. The number of aryl methyl sites for hydroxylation is 3. The number of nitrogen functional groups attached to an aromatic ring is 1. The van der Waals surface area contributed by atoms with Gasteiger partial charge in [-0.05, 0) is 38.0 Å². The molecule has 5 heteroatoms. The van der Waals surface area contributed by atoms with Crippen LogP contribution in [0.4, 0.5) is 5.82 Å². The summed E-state index contributed by atoms with van der Waals surface area (Å²) in [6, 6.07) is 3.90. The van der Waals surface area contributed by atoms with Crippen LogP contribution in [0.15, 0.2) is 18.3 Å². The van der Waals surface area contributed by atoms with Gasteiger partial charge in [-0.1, -0.05) is 6.07 Å². The van der Waals surface area contributed by atoms with E-state index in [9.17, 15) is 0 Å². The predicted molar refractivity (Wildman–Crippen MR) is 79.3 cm³/mol. The van der Waals surface area contributed by atoms with Gasteiger partial charge in [0.1, 0.15) is 16.3 Å². The summed E-state index contributed by atoms with van der Waals surface area (Å²) in [5, 5.41) is 0.972. The van der Waals surface area contributed by atoms with Crippen LogP contribution in [0.2, 0.25) is 0 Å². The molecule has 0 amide bonds. The number of fused-ring (bicyclic) bond motifs is 1. The summed E-state index contributed by atoms with van der Waals surface area (Å²) >= 11 is 1.65. The highest BCUT2D eigenvalue weighted by atomic mass is 32.1. The molecular formula is C14H14N4S. The Balaban J connectivity index is 2.30. The average molecular weight is 270 g/mol. The molecule has 0 aliphatic heterocycles. The Bertz CT molecular complexity index is 776. The standard InChI is InChI=1S/C14H14N4S/c1-7-5-4-6-16-11(7)13-17-12(15)10-8(2)9(3)19-14(10)18-13/h4-6H,1-3H3,(H2,15,17,18). The van der Waals surface area contributed by atoms with Gasteiger partial charge in [0, 0.05) is 11.1 Å². The van der Waals surface area contributed by atoms with Gasteiger partial charge in [0.05, 0.1) is 5.39 Å². The summed E-state index contributed by atoms with van der Waals surface area (Å²) < 4.78 is 0. The van der Waals surface area contributed by atoms with Gasteiger partial charge < -0.3 is 5.73 Å². The van der Waals surface area contributed by atoms with E-state index in [1.165, 1.54) is 10.4 Å². The van der Waals surface area contributed by atoms with E-state index in [0.29, 0.717) is 11.6 Å². The molecule has 3 heterocycles. The van der Waals surface area contributed by atoms with Crippen LogP contribution in [0.5, 0.6) is 0 Å². The molecule has 3 aromatic heterocycles. The van der Waals surface area contributed by atoms with E-state index in [4.69, 9.17) is 5.73 Å². The number of hydrogen-bond acceptors (Lipinski definition) is 5. The second-order valence-corrected chi connectivity index (χ2v) is 5.77. The van der Waals surface area contributed by atoms with Gasteiger partial charge >= 0.3 is 0 Å². The first-order valence-electron chi connectivity index (χ1n) is 6.03. The number of nitrogens with zero attached hydrogens (tertiary/aromatic N) is 3. The molecule has 0 spiro atoms. The van der Waals surface area contributed by atoms with Crippen molar-refractivity contribution in [2.45, 2.75) is 20.8 Å². The second-order valence-electron chi connectivity index (χ2n) is 4.56. The van der Waals surface area contributed by atoms with Gasteiger partial charge in [0.25, 0.3) is 0 Å². The molecular weight excluding hydrogens is 256 g/mol. The maximum Gasteiger partial charge on any atom is 0.181 e. The van der Waals surface area contributed by atoms with E-state index in [-0.39, 0.29) is 0 Å². The molecule has 0 aliphatic rings. The fraction of sp³-hybridized carbons (Fsp3) is 0.214. The number of aromatic nitrogens is 3. The van der Waals surface area contributed by atoms with Crippen molar-refractivity contribution in [3.8, 4) is 11.5 Å². The molecule has 0 unspecified atom stereocenters. The number of rotatable bonds is 1. The zero-order chi connectivity index (χ0) is 13.6. The normalized spacial score (nSPS) is 11.1. The van der Waals surface area contributed by atoms with Crippen LogP contribution < -0.4 is 5.73 Å². The molecule has 0 aromatic carbocycles. The van der Waals surface area contributed by atoms with Gasteiger partial charge in [0.2, 0.25) is 0 Å². The van der Waals surface area contributed by atoms with Crippen LogP contribution in [0.3, 0.4) is 0 Å². The lowest BCUT2D eigenvalue weighted by molar-refractivity contribution is 1.16. The molecule has 0 saturated carbocycles. The van der Waals surface area contributed by atoms with Crippen LogP contribution in [0, 0.1) is 20.8 Å². The molecule has 3 aromatic rings. The third kappa shape index (κ3) is 1.86. The predicted octanol–water partition coefficient (Wildman–Crippen LogP) is 3.26. The number of hydrogen-bond donors (Lipinski definition) is 1. The van der Waals surface area contributed by atoms with Crippen molar-refractivity contribution in [1.82, 2.24) is 15.0 Å². The van der Waals surface area contributed by atoms with Gasteiger partial charge in [-0.15, -0.1) is 11.3 Å². The Morgan fingerprint density at radius 1 is 1.16 bits per heavy atom. The molecule has 96 valence electrons. The first-order chi connectivity index (χ1) is 9.08. The second kappa shape index (κ2) is 4.28. The van der Waals surface area contributed by atoms with Crippen molar-refractivity contribution in [3.05, 3.63) is 34.3 Å². The summed E-state index contributed by atoms with van der Waals surface area (Å²) in [4.78, 5) is 15.5. The molecule has 0 aliphatic carbocycles. The van der Waals surface area contributed by atoms with E-state index in [0.717, 1.165) is 21.5 Å². The lowest BCUT2D eigenvalue weighted by atomic mass is 10.2. The van der Waals surface area contributed by atoms with E-state index >= 15 is 0 Å². The Hall–Kier alpha value is -2.01. The van der Waals surface area contributed by atoms with Gasteiger partial charge in [-0.2, -0.15) is 0 Å². The van der Waals surface area contributed by atoms with Crippen LogP contribution >= 0.6 is 11.3 Å². The fourth-order valence-corrected chi connectivity index (χ4v) is 3.14. The number of thiophene rings is 1. The van der Waals surface area contributed by atoms with E-state index in [2.05, 4.69) is 28.8 Å². The van der Waals surface area contributed by atoms with Crippen molar-refractivity contribution in [1.29, 1.82) is 0 Å². The maximum absolute atomic E-state index is 6.09. The smallest absolute Gasteiger partial charge is 0.181 e. The number of pyridine rings is 1. The maximum atomic E-state index is 6.09. The highest BCUT2D eigenvalue weighted by Crippen LogP contribution is 2.33. The molecule has 0 saturated heterocycles. The molecule has 0 atom stereocenters. The highest BCUT2D eigenvalue weighted by molar-refractivity contribution is 7.18. The summed E-state index contributed by atoms with van der Waals surface area (Å²) in [6.45, 7) is 6.13. The van der Waals surface area contributed by atoms with Crippen LogP contribution in [-0.2, 0) is 0 Å². The number of anilines is 1. The molecule has 0 radical (unpaired) electrons. The average Bonchev–Trinajstić information content (AvgIpc) is 2.66. The minimum Gasteiger partial charge on any atom is -0.383 e. The summed E-state index contributed by atoms with van der Waals surface area (Å²) in [6.07, 6.45) is 1.75. The zero-order valence-electron chi connectivity index (χ0n) is 11.1. The van der Waals surface area contributed by atoms with Crippen LogP contribution in [0.1, 0.15) is 16.0 Å². The van der Waals surface area contributed by atoms with Crippen molar-refractivity contribution in [2.24, 2.45) is 0 Å². The monoisotopic (exact) mass is 270 g/mol. The Morgan fingerprint density at radius 2 is 1.95 bits per heavy atom. The lowest BCUT2D eigenvalue weighted by Gasteiger charge is -2.05. The summed E-state index contributed by atoms with van der Waals surface area (Å²) in [5.41, 5.74) is 9.09. The minimum absolute atomic E-state index is 0.534. The zero-order valence-corrected chi connectivity index (χ0v) is 11.9. The van der Waals surface area contributed by atoms with Crippen molar-refractivity contribution < 1.29 is 0 Å². The van der Waals surface area contributed by atoms with Crippen LogP contribution in [-0.4, -0.2) is 15.0 Å². The van der Waals surface area contributed by atoms with Crippen LogP contribution in [0.25, 0.3) is 21.7 Å². The first kappa shape index (κ1) is 12.0. The van der Waals surface area contributed by atoms with Crippen molar-refractivity contribution in [2.75, 3.05) is 5.73 Å². The lowest BCUT2D eigenvalue weighted by Crippen LogP contribution is -1.99. The van der Waals surface area contributed by atoms with E-state index < -0.39 is 0 Å². The Morgan fingerprint density at radius 3 is 2.68 bits per heavy atom. The van der Waals surface area contributed by atoms with Gasteiger partial charge in [0.15, 0.2) is 5.82 Å². The topological polar surface area (TPSA) is 64.7 Å². The minimum atomic E-state index is 0.534. The third-order valence-electron chi connectivity index (χ3n) is 3.28. The third-order valence-corrected chi connectivity index (χ3v) is 4.38. The molecule has 19 heavy (non-hydrogen) atoms. The summed E-state index contributed by atoms with van der Waals surface area (Å²) in [5.74, 6) is 1.14. The molecule has 3 rings (SSSR count). The van der Waals surface area contributed by atoms with E-state index in [1.807, 2.05) is 19.1 Å². The molecule has 2 N–H and O–H groups in total. The van der Waals surface area contributed by atoms with E-state index in [1.54, 1.807) is 17.5 Å². The van der Waals surface area contributed by atoms with Gasteiger partial charge in [-0.25, -0.2) is 9.97 Å². The highest BCUT2D eigenvalue weighted by Gasteiger charge is 2.14. The SMILES string of the molecule is Cc1cccnc1-c1nc(N)c2c(C)c(C)sc2n1. The Labute approximate surface area is 115 Å². The largest absolute Gasteiger partial charge is 0.383 e. The Kier molecular flexibility index (Phi) is 2.71. The molecule has 0 fully saturated rings. The number of nitrogens with two attached hydrogens (primary N) is 1. The van der Waals surface area contributed by atoms with Gasteiger partial charge in [-0.3, -0.25) is 4.98 Å². The first-order valence-corrected chi connectivity index (χ1v) is 6.84. The van der Waals surface area contributed by atoms with Crippen molar-refractivity contribution in [3.63, 3.8) is 0 Å². The quantitative estimate of drug-likeness (QED) is 0.737. The summed E-state index contributed by atoms with van der Waals surface area (Å²) in [7, 11) is 0. The fourth-order valence-electron chi connectivity index (χ4n) is 2.11.